The topological polar surface area (TPSA) is 106 Å². The van der Waals surface area contributed by atoms with Crippen LogP contribution in [0.25, 0.3) is 22.4 Å². The maximum atomic E-state index is 12.0. The average Bonchev–Trinajstić information content (AvgIpc) is 3.11. The molecule has 1 amide bonds. The Balaban J connectivity index is 1.90. The highest BCUT2D eigenvalue weighted by atomic mass is 35.5. The Morgan fingerprint density at radius 3 is 2.45 bits per heavy atom. The zero-order chi connectivity index (χ0) is 21.0. The lowest BCUT2D eigenvalue weighted by molar-refractivity contribution is 0.130. The molecule has 3 aromatic rings. The van der Waals surface area contributed by atoms with Crippen LogP contribution in [-0.2, 0) is 4.74 Å². The molecule has 2 aromatic heterocycles. The molecule has 0 saturated heterocycles. The summed E-state index contributed by atoms with van der Waals surface area (Å²) in [5.74, 6) is 0. The van der Waals surface area contributed by atoms with Crippen LogP contribution in [0.5, 0.6) is 0 Å². The van der Waals surface area contributed by atoms with Crippen LogP contribution in [0.15, 0.2) is 48.8 Å². The molecule has 0 bridgehead atoms. The molecule has 2 heterocycles. The van der Waals surface area contributed by atoms with E-state index in [1.165, 1.54) is 0 Å². The van der Waals surface area contributed by atoms with Crippen molar-refractivity contribution in [2.75, 3.05) is 6.61 Å². The van der Waals surface area contributed by atoms with Gasteiger partial charge in [0.1, 0.15) is 12.3 Å². The molecule has 0 spiro atoms. The number of rotatable bonds is 5. The third kappa shape index (κ3) is 5.34. The quantitative estimate of drug-likeness (QED) is 0.577. The molecule has 3 rings (SSSR count). The van der Waals surface area contributed by atoms with E-state index in [1.807, 2.05) is 45.0 Å². The third-order valence-electron chi connectivity index (χ3n) is 4.12. The Bertz CT molecular complexity index is 965. The minimum atomic E-state index is -0.586. The number of halogens is 1. The summed E-state index contributed by atoms with van der Waals surface area (Å²) >= 11 is 6.02. The predicted molar refractivity (Wildman–Crippen MR) is 113 cm³/mol. The number of aromatic nitrogens is 3. The van der Waals surface area contributed by atoms with Gasteiger partial charge in [-0.25, -0.2) is 4.79 Å². The summed E-state index contributed by atoms with van der Waals surface area (Å²) in [5, 5.41) is 10.9. The van der Waals surface area contributed by atoms with Crippen molar-refractivity contribution < 1.29 is 9.53 Å². The van der Waals surface area contributed by atoms with E-state index in [9.17, 15) is 4.79 Å². The molecule has 4 N–H and O–H groups in total. The molecular weight excluding hydrogens is 390 g/mol. The minimum Gasteiger partial charge on any atom is -0.447 e. The van der Waals surface area contributed by atoms with E-state index in [0.717, 1.165) is 22.4 Å². The monoisotopic (exact) mass is 413 g/mol. The highest BCUT2D eigenvalue weighted by Crippen LogP contribution is 2.35. The summed E-state index contributed by atoms with van der Waals surface area (Å²) in [6, 6.07) is 10.6. The van der Waals surface area contributed by atoms with Crippen molar-refractivity contribution in [1.29, 1.82) is 0 Å². The first-order valence-corrected chi connectivity index (χ1v) is 9.57. The van der Waals surface area contributed by atoms with E-state index in [1.54, 1.807) is 24.5 Å². The molecule has 0 aliphatic carbocycles. The Morgan fingerprint density at radius 2 is 1.83 bits per heavy atom. The second-order valence-electron chi connectivity index (χ2n) is 7.68. The molecule has 8 heteroatoms. The zero-order valence-corrected chi connectivity index (χ0v) is 17.3. The van der Waals surface area contributed by atoms with Gasteiger partial charge in [0.2, 0.25) is 0 Å². The number of hydrogen-bond donors (Lipinski definition) is 3. The molecule has 0 aliphatic rings. The summed E-state index contributed by atoms with van der Waals surface area (Å²) in [4.78, 5) is 16.1. The maximum Gasteiger partial charge on any atom is 0.407 e. The van der Waals surface area contributed by atoms with Crippen LogP contribution in [0.3, 0.4) is 0 Å². The number of nitrogens with two attached hydrogens (primary N) is 1. The second-order valence-corrected chi connectivity index (χ2v) is 8.12. The van der Waals surface area contributed by atoms with E-state index in [4.69, 9.17) is 22.1 Å². The van der Waals surface area contributed by atoms with E-state index in [2.05, 4.69) is 20.5 Å². The number of nitrogens with one attached hydrogen (secondary N) is 2. The van der Waals surface area contributed by atoms with Crippen LogP contribution < -0.4 is 11.1 Å². The lowest BCUT2D eigenvalue weighted by atomic mass is 9.97. The van der Waals surface area contributed by atoms with Gasteiger partial charge in [-0.15, -0.1) is 0 Å². The van der Waals surface area contributed by atoms with E-state index >= 15 is 0 Å². The van der Waals surface area contributed by atoms with Crippen LogP contribution in [0.4, 0.5) is 4.79 Å². The molecule has 1 aromatic carbocycles. The smallest absolute Gasteiger partial charge is 0.407 e. The minimum absolute atomic E-state index is 0.00223. The fourth-order valence-corrected chi connectivity index (χ4v) is 2.97. The molecule has 0 radical (unpaired) electrons. The van der Waals surface area contributed by atoms with Crippen LogP contribution in [0.2, 0.25) is 5.02 Å². The largest absolute Gasteiger partial charge is 0.447 e. The first-order valence-electron chi connectivity index (χ1n) is 9.20. The van der Waals surface area contributed by atoms with Crippen LogP contribution >= 0.6 is 11.6 Å². The summed E-state index contributed by atoms with van der Waals surface area (Å²) in [7, 11) is 0. The summed E-state index contributed by atoms with van der Waals surface area (Å²) < 4.78 is 5.30. The Kier molecular flexibility index (Phi) is 6.20. The van der Waals surface area contributed by atoms with Gasteiger partial charge in [-0.3, -0.25) is 10.1 Å². The number of aromatic amines is 1. The molecule has 0 fully saturated rings. The van der Waals surface area contributed by atoms with Crippen LogP contribution in [0.1, 0.15) is 32.5 Å². The standard InChI is InChI=1S/C21H24ClN5O2/c1-21(2,3)25-20(28)29-12-16(23)19-17(13-8-10-24-11-9-13)18(26-27-19)14-4-6-15(22)7-5-14/h4-11,16H,12,23H2,1-3H3,(H,25,28)(H,26,27). The predicted octanol–water partition coefficient (Wildman–Crippen LogP) is 4.32. The fraction of sp³-hybridized carbons (Fsp3) is 0.286. The number of alkyl carbamates (subject to hydrolysis) is 1. The molecule has 0 aliphatic heterocycles. The number of benzene rings is 1. The number of pyridine rings is 1. The number of amides is 1. The van der Waals surface area contributed by atoms with Gasteiger partial charge in [0, 0.05) is 34.1 Å². The van der Waals surface area contributed by atoms with E-state index in [-0.39, 0.29) is 12.1 Å². The SMILES string of the molecule is CC(C)(C)NC(=O)OCC(N)c1[nH]nc(-c2ccc(Cl)cc2)c1-c1ccncc1. The summed E-state index contributed by atoms with van der Waals surface area (Å²) in [5.41, 5.74) is 9.99. The zero-order valence-electron chi connectivity index (χ0n) is 16.6. The Morgan fingerprint density at radius 1 is 1.17 bits per heavy atom. The summed E-state index contributed by atoms with van der Waals surface area (Å²) in [6.45, 7) is 5.64. The number of H-pyrrole nitrogens is 1. The number of carbonyl (C=O) groups excluding carboxylic acids is 1. The number of carbonyl (C=O) groups is 1. The lowest BCUT2D eigenvalue weighted by Gasteiger charge is -2.21. The van der Waals surface area contributed by atoms with Gasteiger partial charge < -0.3 is 15.8 Å². The number of hydrogen-bond acceptors (Lipinski definition) is 5. The van der Waals surface area contributed by atoms with E-state index < -0.39 is 12.1 Å². The summed E-state index contributed by atoms with van der Waals surface area (Å²) in [6.07, 6.45) is 2.89. The van der Waals surface area contributed by atoms with Crippen LogP contribution in [-0.4, -0.2) is 33.4 Å². The van der Waals surface area contributed by atoms with Crippen molar-refractivity contribution in [3.63, 3.8) is 0 Å². The molecule has 152 valence electrons. The first kappa shape index (κ1) is 20.8. The van der Waals surface area contributed by atoms with Crippen molar-refractivity contribution in [3.8, 4) is 22.4 Å². The lowest BCUT2D eigenvalue weighted by Crippen LogP contribution is -2.41. The van der Waals surface area contributed by atoms with Gasteiger partial charge in [0.15, 0.2) is 0 Å². The van der Waals surface area contributed by atoms with Gasteiger partial charge in [-0.2, -0.15) is 5.10 Å². The molecule has 29 heavy (non-hydrogen) atoms. The Labute approximate surface area is 174 Å². The molecular formula is C21H24ClN5O2. The molecule has 1 atom stereocenters. The maximum absolute atomic E-state index is 12.0. The molecule has 7 nitrogen and oxygen atoms in total. The van der Waals surface area contributed by atoms with Gasteiger partial charge in [-0.1, -0.05) is 23.7 Å². The van der Waals surface area contributed by atoms with Crippen molar-refractivity contribution in [1.82, 2.24) is 20.5 Å². The van der Waals surface area contributed by atoms with Crippen molar-refractivity contribution in [2.24, 2.45) is 5.73 Å². The highest BCUT2D eigenvalue weighted by molar-refractivity contribution is 6.30. The van der Waals surface area contributed by atoms with Gasteiger partial charge >= 0.3 is 6.09 Å². The number of ether oxygens (including phenoxy) is 1. The molecule has 0 saturated carbocycles. The average molecular weight is 414 g/mol. The third-order valence-corrected chi connectivity index (χ3v) is 4.37. The van der Waals surface area contributed by atoms with Crippen molar-refractivity contribution in [2.45, 2.75) is 32.4 Å². The van der Waals surface area contributed by atoms with Gasteiger partial charge in [0.25, 0.3) is 0 Å². The molecule has 1 unspecified atom stereocenters. The second kappa shape index (κ2) is 8.63. The highest BCUT2D eigenvalue weighted by Gasteiger charge is 2.23. The van der Waals surface area contributed by atoms with Gasteiger partial charge in [-0.05, 0) is 50.6 Å². The fourth-order valence-electron chi connectivity index (χ4n) is 2.84. The Hall–Kier alpha value is -2.90. The first-order chi connectivity index (χ1) is 13.7. The van der Waals surface area contributed by atoms with E-state index in [0.29, 0.717) is 10.7 Å². The van der Waals surface area contributed by atoms with Crippen molar-refractivity contribution >= 4 is 17.7 Å². The van der Waals surface area contributed by atoms with Gasteiger partial charge in [0.05, 0.1) is 11.7 Å². The normalized spacial score (nSPS) is 12.4. The van der Waals surface area contributed by atoms with Crippen molar-refractivity contribution in [3.05, 3.63) is 59.5 Å². The number of nitrogens with zero attached hydrogens (tertiary/aromatic N) is 2. The van der Waals surface area contributed by atoms with Crippen LogP contribution in [0, 0.1) is 0 Å².